The predicted octanol–water partition coefficient (Wildman–Crippen LogP) is 2.92. The van der Waals surface area contributed by atoms with E-state index < -0.39 is 5.91 Å². The number of benzene rings is 1. The van der Waals surface area contributed by atoms with Crippen LogP contribution in [0, 0.1) is 20.8 Å². The lowest BCUT2D eigenvalue weighted by Gasteiger charge is -2.13. The van der Waals surface area contributed by atoms with Crippen LogP contribution in [-0.4, -0.2) is 15.4 Å². The van der Waals surface area contributed by atoms with Crippen molar-refractivity contribution < 1.29 is 9.90 Å². The Balaban J connectivity index is 2.52. The number of rotatable bonds is 2. The molecule has 5 nitrogen and oxygen atoms in total. The summed E-state index contributed by atoms with van der Waals surface area (Å²) in [7, 11) is 0. The maximum atomic E-state index is 11.9. The summed E-state index contributed by atoms with van der Waals surface area (Å²) in [6, 6.07) is 7.30. The molecule has 5 heteroatoms. The summed E-state index contributed by atoms with van der Waals surface area (Å²) in [4.78, 5) is 11.9. The third kappa shape index (κ3) is 2.12. The average molecular weight is 309 g/mol. The number of aromatic hydroxyl groups is 1. The Hall–Kier alpha value is -2.95. The Kier molecular flexibility index (Phi) is 3.29. The second-order valence-corrected chi connectivity index (χ2v) is 5.86. The van der Waals surface area contributed by atoms with Crippen LogP contribution in [0.5, 0.6) is 5.75 Å². The molecule has 0 aliphatic heterocycles. The smallest absolute Gasteiger partial charge is 0.253 e. The summed E-state index contributed by atoms with van der Waals surface area (Å²) < 4.78 is 1.86. The zero-order valence-electron chi connectivity index (χ0n) is 13.3. The zero-order valence-corrected chi connectivity index (χ0v) is 13.3. The number of carbonyl (C=O) groups is 1. The molecular formula is C18H19N3O2. The van der Waals surface area contributed by atoms with E-state index in [9.17, 15) is 9.90 Å². The monoisotopic (exact) mass is 309 g/mol. The fourth-order valence-corrected chi connectivity index (χ4v) is 3.09. The van der Waals surface area contributed by atoms with Crippen molar-refractivity contribution in [3.8, 4) is 17.0 Å². The van der Waals surface area contributed by atoms with E-state index in [4.69, 9.17) is 11.5 Å². The van der Waals surface area contributed by atoms with Crippen LogP contribution in [0.4, 0.5) is 5.69 Å². The van der Waals surface area contributed by atoms with E-state index in [1.54, 1.807) is 6.07 Å². The number of nitrogens with two attached hydrogens (primary N) is 2. The van der Waals surface area contributed by atoms with Crippen LogP contribution in [0.2, 0.25) is 0 Å². The summed E-state index contributed by atoms with van der Waals surface area (Å²) >= 11 is 0. The first-order chi connectivity index (χ1) is 10.8. The number of anilines is 1. The lowest BCUT2D eigenvalue weighted by molar-refractivity contribution is 0.100. The van der Waals surface area contributed by atoms with Gasteiger partial charge in [0, 0.05) is 17.3 Å². The highest BCUT2D eigenvalue weighted by Gasteiger charge is 2.23. The number of hydrogen-bond acceptors (Lipinski definition) is 3. The first-order valence-corrected chi connectivity index (χ1v) is 7.32. The van der Waals surface area contributed by atoms with Gasteiger partial charge in [0.05, 0.1) is 22.5 Å². The van der Waals surface area contributed by atoms with Gasteiger partial charge in [-0.05, 0) is 50.1 Å². The third-order valence-corrected chi connectivity index (χ3v) is 4.26. The quantitative estimate of drug-likeness (QED) is 0.679. The van der Waals surface area contributed by atoms with Gasteiger partial charge in [-0.3, -0.25) is 4.79 Å². The summed E-state index contributed by atoms with van der Waals surface area (Å²) in [5.41, 5.74) is 17.3. The van der Waals surface area contributed by atoms with E-state index in [2.05, 4.69) is 0 Å². The third-order valence-electron chi connectivity index (χ3n) is 4.26. The highest BCUT2D eigenvalue weighted by atomic mass is 16.3. The molecule has 1 aromatic carbocycles. The standard InChI is InChI=1S/C18H19N3O2/c1-9-6-7-21-12(8-9)15(18(20)23)16(19)17(21)14-10(2)4-5-13(22)11(14)3/h4-8,22H,19H2,1-3H3,(H2,20,23). The average Bonchev–Trinajstić information content (AvgIpc) is 2.75. The van der Waals surface area contributed by atoms with Crippen LogP contribution in [-0.2, 0) is 0 Å². The fourth-order valence-electron chi connectivity index (χ4n) is 3.09. The minimum absolute atomic E-state index is 0.188. The second kappa shape index (κ2) is 5.05. The fraction of sp³-hybridized carbons (Fsp3) is 0.167. The van der Waals surface area contributed by atoms with Crippen LogP contribution >= 0.6 is 0 Å². The van der Waals surface area contributed by atoms with Crippen molar-refractivity contribution in [2.24, 2.45) is 5.73 Å². The van der Waals surface area contributed by atoms with Crippen LogP contribution in [0.15, 0.2) is 30.5 Å². The Morgan fingerprint density at radius 3 is 2.52 bits per heavy atom. The molecule has 118 valence electrons. The molecule has 0 saturated heterocycles. The largest absolute Gasteiger partial charge is 0.508 e. The van der Waals surface area contributed by atoms with Gasteiger partial charge in [-0.15, -0.1) is 0 Å². The molecule has 0 saturated carbocycles. The van der Waals surface area contributed by atoms with Crippen LogP contribution in [0.1, 0.15) is 27.0 Å². The number of amides is 1. The molecule has 5 N–H and O–H groups in total. The highest BCUT2D eigenvalue weighted by molar-refractivity contribution is 6.09. The Morgan fingerprint density at radius 1 is 1.17 bits per heavy atom. The predicted molar refractivity (Wildman–Crippen MR) is 91.6 cm³/mol. The number of phenolic OH excluding ortho intramolecular Hbond substituents is 1. The van der Waals surface area contributed by atoms with Gasteiger partial charge in [0.25, 0.3) is 5.91 Å². The molecule has 0 bridgehead atoms. The Bertz CT molecular complexity index is 955. The maximum Gasteiger partial charge on any atom is 0.253 e. The van der Waals surface area contributed by atoms with E-state index >= 15 is 0 Å². The number of pyridine rings is 1. The lowest BCUT2D eigenvalue weighted by atomic mass is 9.98. The molecule has 23 heavy (non-hydrogen) atoms. The number of nitrogens with zero attached hydrogens (tertiary/aromatic N) is 1. The summed E-state index contributed by atoms with van der Waals surface area (Å²) in [6.45, 7) is 5.71. The minimum Gasteiger partial charge on any atom is -0.508 e. The van der Waals surface area contributed by atoms with Gasteiger partial charge in [-0.25, -0.2) is 0 Å². The first-order valence-electron chi connectivity index (χ1n) is 7.32. The SMILES string of the molecule is Cc1ccn2c(-c3c(C)ccc(O)c3C)c(N)c(C(N)=O)c2c1. The van der Waals surface area contributed by atoms with Crippen molar-refractivity contribution in [3.63, 3.8) is 0 Å². The van der Waals surface area contributed by atoms with E-state index in [0.717, 1.165) is 16.7 Å². The summed E-state index contributed by atoms with van der Waals surface area (Å²) in [5, 5.41) is 10.1. The van der Waals surface area contributed by atoms with Crippen molar-refractivity contribution in [3.05, 3.63) is 52.7 Å². The van der Waals surface area contributed by atoms with Gasteiger partial charge in [0.15, 0.2) is 0 Å². The maximum absolute atomic E-state index is 11.9. The first kappa shape index (κ1) is 15.0. The topological polar surface area (TPSA) is 93.8 Å². The lowest BCUT2D eigenvalue weighted by Crippen LogP contribution is -2.12. The van der Waals surface area contributed by atoms with Crippen LogP contribution < -0.4 is 11.5 Å². The van der Waals surface area contributed by atoms with E-state index in [0.29, 0.717) is 28.0 Å². The molecule has 0 spiro atoms. The molecule has 0 radical (unpaired) electrons. The molecule has 2 heterocycles. The van der Waals surface area contributed by atoms with Crippen molar-refractivity contribution >= 4 is 17.1 Å². The Labute approximate surface area is 134 Å². The molecule has 3 rings (SSSR count). The molecule has 1 amide bonds. The van der Waals surface area contributed by atoms with Gasteiger partial charge in [-0.1, -0.05) is 6.07 Å². The van der Waals surface area contributed by atoms with Crippen LogP contribution in [0.25, 0.3) is 16.8 Å². The molecule has 0 aliphatic carbocycles. The van der Waals surface area contributed by atoms with Gasteiger partial charge < -0.3 is 21.0 Å². The number of nitrogen functional groups attached to an aromatic ring is 1. The van der Waals surface area contributed by atoms with Gasteiger partial charge in [0.1, 0.15) is 5.75 Å². The molecule has 0 aliphatic rings. The minimum atomic E-state index is -0.563. The molecule has 0 atom stereocenters. The summed E-state index contributed by atoms with van der Waals surface area (Å²) in [5.74, 6) is -0.375. The van der Waals surface area contributed by atoms with E-state index in [1.807, 2.05) is 49.6 Å². The molecule has 0 unspecified atom stereocenters. The number of hydrogen-bond donors (Lipinski definition) is 3. The molecule has 3 aromatic rings. The molecule has 2 aromatic heterocycles. The normalized spacial score (nSPS) is 11.1. The zero-order chi connectivity index (χ0) is 16.9. The number of aryl methyl sites for hydroxylation is 2. The number of phenols is 1. The van der Waals surface area contributed by atoms with Crippen molar-refractivity contribution in [1.29, 1.82) is 0 Å². The van der Waals surface area contributed by atoms with E-state index in [1.165, 1.54) is 0 Å². The van der Waals surface area contributed by atoms with Gasteiger partial charge in [0.2, 0.25) is 0 Å². The van der Waals surface area contributed by atoms with Gasteiger partial charge in [-0.2, -0.15) is 0 Å². The number of aromatic nitrogens is 1. The number of carbonyl (C=O) groups excluding carboxylic acids is 1. The Morgan fingerprint density at radius 2 is 1.87 bits per heavy atom. The van der Waals surface area contributed by atoms with Crippen LogP contribution in [0.3, 0.4) is 0 Å². The van der Waals surface area contributed by atoms with Gasteiger partial charge >= 0.3 is 0 Å². The molecular weight excluding hydrogens is 290 g/mol. The van der Waals surface area contributed by atoms with E-state index in [-0.39, 0.29) is 5.75 Å². The molecule has 0 fully saturated rings. The van der Waals surface area contributed by atoms with Crippen molar-refractivity contribution in [2.45, 2.75) is 20.8 Å². The van der Waals surface area contributed by atoms with Crippen molar-refractivity contribution in [2.75, 3.05) is 5.73 Å². The summed E-state index contributed by atoms with van der Waals surface area (Å²) in [6.07, 6.45) is 1.87. The van der Waals surface area contributed by atoms with Crippen molar-refractivity contribution in [1.82, 2.24) is 4.40 Å². The number of primary amides is 1. The number of fused-ring (bicyclic) bond motifs is 1. The second-order valence-electron chi connectivity index (χ2n) is 5.86. The highest BCUT2D eigenvalue weighted by Crippen LogP contribution is 2.39.